The highest BCUT2D eigenvalue weighted by atomic mass is 16.5. The van der Waals surface area contributed by atoms with Crippen LogP contribution in [-0.2, 0) is 18.2 Å². The monoisotopic (exact) mass is 211 g/mol. The molecular formula is C11H21N3O. The molecule has 1 atom stereocenters. The highest BCUT2D eigenvalue weighted by Gasteiger charge is 2.14. The highest BCUT2D eigenvalue weighted by molar-refractivity contribution is 5.21. The second-order valence-electron chi connectivity index (χ2n) is 4.05. The van der Waals surface area contributed by atoms with Crippen molar-refractivity contribution in [2.45, 2.75) is 39.3 Å². The summed E-state index contributed by atoms with van der Waals surface area (Å²) in [6.07, 6.45) is 3.11. The van der Waals surface area contributed by atoms with Crippen LogP contribution in [0.3, 0.4) is 0 Å². The molecule has 4 heteroatoms. The molecule has 0 saturated carbocycles. The Hall–Kier alpha value is -0.870. The van der Waals surface area contributed by atoms with E-state index in [1.54, 1.807) is 0 Å². The Labute approximate surface area is 91.4 Å². The van der Waals surface area contributed by atoms with E-state index in [4.69, 9.17) is 10.5 Å². The Morgan fingerprint density at radius 2 is 2.20 bits per heavy atom. The second-order valence-corrected chi connectivity index (χ2v) is 4.05. The van der Waals surface area contributed by atoms with E-state index in [2.05, 4.69) is 12.0 Å². The van der Waals surface area contributed by atoms with Crippen LogP contribution < -0.4 is 5.73 Å². The first-order valence-corrected chi connectivity index (χ1v) is 5.44. The van der Waals surface area contributed by atoms with Crippen LogP contribution >= 0.6 is 0 Å². The maximum Gasteiger partial charge on any atom is 0.0670 e. The van der Waals surface area contributed by atoms with Crippen LogP contribution in [0.1, 0.15) is 38.1 Å². The first-order valence-electron chi connectivity index (χ1n) is 5.44. The van der Waals surface area contributed by atoms with Gasteiger partial charge in [0.15, 0.2) is 0 Å². The molecule has 1 aromatic heterocycles. The van der Waals surface area contributed by atoms with E-state index in [0.29, 0.717) is 6.61 Å². The molecular weight excluding hydrogens is 190 g/mol. The van der Waals surface area contributed by atoms with E-state index in [-0.39, 0.29) is 12.1 Å². The van der Waals surface area contributed by atoms with Crippen LogP contribution in [0.2, 0.25) is 0 Å². The van der Waals surface area contributed by atoms with Crippen molar-refractivity contribution in [3.05, 3.63) is 17.5 Å². The van der Waals surface area contributed by atoms with Crippen molar-refractivity contribution in [1.82, 2.24) is 9.78 Å². The minimum absolute atomic E-state index is 0.0731. The Morgan fingerprint density at radius 1 is 1.53 bits per heavy atom. The van der Waals surface area contributed by atoms with Gasteiger partial charge in [0.1, 0.15) is 0 Å². The number of aryl methyl sites for hydroxylation is 2. The maximum atomic E-state index is 6.05. The minimum atomic E-state index is -0.0731. The summed E-state index contributed by atoms with van der Waals surface area (Å²) in [6.45, 7) is 6.66. The fourth-order valence-corrected chi connectivity index (χ4v) is 1.52. The molecule has 0 aliphatic carbocycles. The molecule has 0 bridgehead atoms. The fourth-order valence-electron chi connectivity index (χ4n) is 1.52. The molecule has 4 nitrogen and oxygen atoms in total. The number of nitrogens with zero attached hydrogens (tertiary/aromatic N) is 2. The Bertz CT molecular complexity index is 307. The second kappa shape index (κ2) is 5.28. The zero-order chi connectivity index (χ0) is 11.4. The lowest BCUT2D eigenvalue weighted by atomic mass is 10.1. The third kappa shape index (κ3) is 3.32. The molecule has 0 amide bonds. The molecule has 15 heavy (non-hydrogen) atoms. The summed E-state index contributed by atoms with van der Waals surface area (Å²) in [5, 5.41) is 4.36. The van der Waals surface area contributed by atoms with Crippen LogP contribution in [0, 0.1) is 0 Å². The van der Waals surface area contributed by atoms with Crippen LogP contribution in [-0.4, -0.2) is 22.5 Å². The number of hydrogen-bond acceptors (Lipinski definition) is 3. The van der Waals surface area contributed by atoms with E-state index in [9.17, 15) is 0 Å². The zero-order valence-electron chi connectivity index (χ0n) is 10.0. The Balaban J connectivity index is 2.67. The Morgan fingerprint density at radius 3 is 2.73 bits per heavy atom. The average molecular weight is 211 g/mol. The minimum Gasteiger partial charge on any atom is -0.377 e. The number of hydrogen-bond donors (Lipinski definition) is 1. The van der Waals surface area contributed by atoms with Crippen molar-refractivity contribution in [3.63, 3.8) is 0 Å². The molecule has 2 N–H and O–H groups in total. The molecule has 0 aliphatic heterocycles. The van der Waals surface area contributed by atoms with Gasteiger partial charge in [-0.25, -0.2) is 0 Å². The predicted octanol–water partition coefficient (Wildman–Crippen LogP) is 1.41. The maximum absolute atomic E-state index is 6.05. The third-order valence-corrected chi connectivity index (χ3v) is 2.28. The Kier molecular flexibility index (Phi) is 4.29. The van der Waals surface area contributed by atoms with Gasteiger partial charge in [-0.15, -0.1) is 0 Å². The normalized spacial score (nSPS) is 13.5. The summed E-state index contributed by atoms with van der Waals surface area (Å²) in [7, 11) is 1.92. The van der Waals surface area contributed by atoms with Gasteiger partial charge in [0.25, 0.3) is 0 Å². The van der Waals surface area contributed by atoms with Gasteiger partial charge in [0.05, 0.1) is 24.4 Å². The highest BCUT2D eigenvalue weighted by Crippen LogP contribution is 2.16. The molecule has 0 radical (unpaired) electrons. The molecule has 0 aromatic carbocycles. The van der Waals surface area contributed by atoms with E-state index < -0.39 is 0 Å². The molecule has 0 spiro atoms. The van der Waals surface area contributed by atoms with E-state index in [0.717, 1.165) is 17.7 Å². The standard InChI is InChI=1S/C11H21N3O/c1-5-11-9(6-14(4)13-11)10(12)7-15-8(2)3/h6,8,10H,5,7,12H2,1-4H3. The van der Waals surface area contributed by atoms with Gasteiger partial charge in [0, 0.05) is 18.8 Å². The van der Waals surface area contributed by atoms with Crippen molar-refractivity contribution < 1.29 is 4.74 Å². The number of ether oxygens (including phenoxy) is 1. The number of rotatable bonds is 5. The van der Waals surface area contributed by atoms with Crippen LogP contribution in [0.25, 0.3) is 0 Å². The van der Waals surface area contributed by atoms with E-state index in [1.165, 1.54) is 0 Å². The van der Waals surface area contributed by atoms with Crippen molar-refractivity contribution in [1.29, 1.82) is 0 Å². The first-order chi connectivity index (χ1) is 7.04. The molecule has 0 aliphatic rings. The van der Waals surface area contributed by atoms with Crippen molar-refractivity contribution in [2.24, 2.45) is 12.8 Å². The molecule has 86 valence electrons. The molecule has 0 fully saturated rings. The van der Waals surface area contributed by atoms with Gasteiger partial charge < -0.3 is 10.5 Å². The van der Waals surface area contributed by atoms with E-state index >= 15 is 0 Å². The molecule has 1 heterocycles. The van der Waals surface area contributed by atoms with Gasteiger partial charge in [-0.05, 0) is 20.3 Å². The van der Waals surface area contributed by atoms with Crippen LogP contribution in [0.15, 0.2) is 6.20 Å². The summed E-state index contributed by atoms with van der Waals surface area (Å²) in [5.74, 6) is 0. The number of nitrogens with two attached hydrogens (primary N) is 1. The lowest BCUT2D eigenvalue weighted by Gasteiger charge is -2.13. The first kappa shape index (κ1) is 12.2. The predicted molar refractivity (Wildman–Crippen MR) is 60.6 cm³/mol. The molecule has 0 saturated heterocycles. The van der Waals surface area contributed by atoms with Gasteiger partial charge in [0.2, 0.25) is 0 Å². The summed E-state index contributed by atoms with van der Waals surface area (Å²) in [5.41, 5.74) is 8.22. The lowest BCUT2D eigenvalue weighted by molar-refractivity contribution is 0.0681. The summed E-state index contributed by atoms with van der Waals surface area (Å²) in [4.78, 5) is 0. The van der Waals surface area contributed by atoms with Crippen molar-refractivity contribution >= 4 is 0 Å². The third-order valence-electron chi connectivity index (χ3n) is 2.28. The lowest BCUT2D eigenvalue weighted by Crippen LogP contribution is -2.20. The zero-order valence-corrected chi connectivity index (χ0v) is 10.0. The summed E-state index contributed by atoms with van der Waals surface area (Å²) >= 11 is 0. The van der Waals surface area contributed by atoms with Gasteiger partial charge in [-0.3, -0.25) is 4.68 Å². The SMILES string of the molecule is CCc1nn(C)cc1C(N)COC(C)C. The van der Waals surface area contributed by atoms with Crippen LogP contribution in [0.5, 0.6) is 0 Å². The van der Waals surface area contributed by atoms with E-state index in [1.807, 2.05) is 31.8 Å². The van der Waals surface area contributed by atoms with Gasteiger partial charge in [-0.2, -0.15) is 5.10 Å². The fraction of sp³-hybridized carbons (Fsp3) is 0.727. The molecule has 1 aromatic rings. The molecule has 1 unspecified atom stereocenters. The summed E-state index contributed by atoms with van der Waals surface area (Å²) < 4.78 is 7.31. The topological polar surface area (TPSA) is 53.1 Å². The largest absolute Gasteiger partial charge is 0.377 e. The van der Waals surface area contributed by atoms with Gasteiger partial charge in [-0.1, -0.05) is 6.92 Å². The quantitative estimate of drug-likeness (QED) is 0.801. The number of aromatic nitrogens is 2. The van der Waals surface area contributed by atoms with Gasteiger partial charge >= 0.3 is 0 Å². The van der Waals surface area contributed by atoms with Crippen LogP contribution in [0.4, 0.5) is 0 Å². The smallest absolute Gasteiger partial charge is 0.0670 e. The van der Waals surface area contributed by atoms with Crippen molar-refractivity contribution in [3.8, 4) is 0 Å². The average Bonchev–Trinajstić information content (AvgIpc) is 2.56. The van der Waals surface area contributed by atoms with Crippen molar-refractivity contribution in [2.75, 3.05) is 6.61 Å². The molecule has 1 rings (SSSR count). The summed E-state index contributed by atoms with van der Waals surface area (Å²) in [6, 6.07) is -0.0731.